The number of amidine groups is 1. The van der Waals surface area contributed by atoms with Crippen molar-refractivity contribution in [3.8, 4) is 0 Å². The molecule has 1 aromatic rings. The summed E-state index contributed by atoms with van der Waals surface area (Å²) in [4.78, 5) is 10.0. The maximum Gasteiger partial charge on any atom is 0.226 e. The zero-order valence-electron chi connectivity index (χ0n) is 9.76. The number of aromatic nitrogens is 2. The van der Waals surface area contributed by atoms with Gasteiger partial charge in [-0.2, -0.15) is 0 Å². The van der Waals surface area contributed by atoms with Crippen molar-refractivity contribution in [3.63, 3.8) is 0 Å². The lowest BCUT2D eigenvalue weighted by Gasteiger charge is -2.21. The molecule has 94 valence electrons. The van der Waals surface area contributed by atoms with E-state index in [4.69, 9.17) is 21.0 Å². The molecular weight excluding hydrogens is 222 g/mol. The topological polar surface area (TPSA) is 108 Å². The van der Waals surface area contributed by atoms with Gasteiger partial charge in [0.25, 0.3) is 0 Å². The number of nitrogens with two attached hydrogens (primary N) is 1. The summed E-state index contributed by atoms with van der Waals surface area (Å²) in [6.45, 7) is 1.48. The number of hydrogen-bond acceptors (Lipinski definition) is 6. The number of anilines is 1. The van der Waals surface area contributed by atoms with E-state index in [2.05, 4.69) is 9.97 Å². The van der Waals surface area contributed by atoms with Gasteiger partial charge in [-0.25, -0.2) is 9.97 Å². The van der Waals surface area contributed by atoms with Gasteiger partial charge in [0.05, 0.1) is 13.2 Å². The van der Waals surface area contributed by atoms with Gasteiger partial charge in [0, 0.05) is 26.4 Å². The highest BCUT2D eigenvalue weighted by Crippen LogP contribution is 2.06. The summed E-state index contributed by atoms with van der Waals surface area (Å²) in [5.41, 5.74) is 5.73. The van der Waals surface area contributed by atoms with Crippen LogP contribution in [0.2, 0.25) is 0 Å². The van der Waals surface area contributed by atoms with Crippen molar-refractivity contribution in [2.75, 3.05) is 38.3 Å². The SMILES string of the molecule is COCCN(CCO)c1nccc(C(=N)N)n1. The van der Waals surface area contributed by atoms with Crippen molar-refractivity contribution in [1.82, 2.24) is 9.97 Å². The molecule has 0 atom stereocenters. The number of nitrogens with one attached hydrogen (secondary N) is 1. The molecular formula is C10H17N5O2. The molecule has 0 amide bonds. The molecule has 1 aromatic heterocycles. The number of methoxy groups -OCH3 is 1. The first-order valence-corrected chi connectivity index (χ1v) is 5.21. The molecule has 1 heterocycles. The molecule has 0 aromatic carbocycles. The number of aliphatic hydroxyl groups is 1. The highest BCUT2D eigenvalue weighted by atomic mass is 16.5. The lowest BCUT2D eigenvalue weighted by atomic mass is 10.4. The minimum Gasteiger partial charge on any atom is -0.395 e. The number of hydrogen-bond donors (Lipinski definition) is 3. The van der Waals surface area contributed by atoms with Gasteiger partial charge < -0.3 is 20.5 Å². The molecule has 0 bridgehead atoms. The summed E-state index contributed by atoms with van der Waals surface area (Å²) in [7, 11) is 1.60. The molecule has 0 saturated heterocycles. The van der Waals surface area contributed by atoms with E-state index < -0.39 is 0 Å². The van der Waals surface area contributed by atoms with Crippen LogP contribution < -0.4 is 10.6 Å². The molecule has 7 heteroatoms. The average Bonchev–Trinajstić information content (AvgIpc) is 2.34. The van der Waals surface area contributed by atoms with E-state index in [1.165, 1.54) is 6.20 Å². The van der Waals surface area contributed by atoms with Crippen LogP contribution in [0, 0.1) is 5.41 Å². The van der Waals surface area contributed by atoms with Crippen LogP contribution in [0.1, 0.15) is 5.69 Å². The van der Waals surface area contributed by atoms with Gasteiger partial charge in [0.15, 0.2) is 0 Å². The predicted molar refractivity (Wildman–Crippen MR) is 64.2 cm³/mol. The van der Waals surface area contributed by atoms with Gasteiger partial charge in [-0.3, -0.25) is 5.41 Å². The van der Waals surface area contributed by atoms with E-state index in [1.807, 2.05) is 0 Å². The first-order valence-electron chi connectivity index (χ1n) is 5.21. The number of nitrogen functional groups attached to an aromatic ring is 1. The van der Waals surface area contributed by atoms with Crippen molar-refractivity contribution >= 4 is 11.8 Å². The Balaban J connectivity index is 2.84. The smallest absolute Gasteiger partial charge is 0.226 e. The maximum atomic E-state index is 8.97. The first kappa shape index (κ1) is 13.3. The third-order valence-electron chi connectivity index (χ3n) is 2.14. The van der Waals surface area contributed by atoms with Gasteiger partial charge in [-0.05, 0) is 6.07 Å². The molecule has 0 aliphatic heterocycles. The fourth-order valence-electron chi connectivity index (χ4n) is 1.28. The van der Waals surface area contributed by atoms with Crippen LogP contribution >= 0.6 is 0 Å². The van der Waals surface area contributed by atoms with Crippen LogP contribution in [-0.4, -0.2) is 54.3 Å². The number of ether oxygens (including phenoxy) is 1. The Bertz CT molecular complexity index is 371. The second-order valence-corrected chi connectivity index (χ2v) is 3.36. The van der Waals surface area contributed by atoms with E-state index in [1.54, 1.807) is 18.1 Å². The lowest BCUT2D eigenvalue weighted by Crippen LogP contribution is -2.32. The highest BCUT2D eigenvalue weighted by Gasteiger charge is 2.10. The Morgan fingerprint density at radius 1 is 1.59 bits per heavy atom. The van der Waals surface area contributed by atoms with E-state index >= 15 is 0 Å². The molecule has 7 nitrogen and oxygen atoms in total. The third-order valence-corrected chi connectivity index (χ3v) is 2.14. The van der Waals surface area contributed by atoms with E-state index in [0.717, 1.165) is 0 Å². The normalized spacial score (nSPS) is 10.2. The molecule has 0 saturated carbocycles. The maximum absolute atomic E-state index is 8.97. The van der Waals surface area contributed by atoms with Crippen molar-refractivity contribution < 1.29 is 9.84 Å². The quantitative estimate of drug-likeness (QED) is 0.425. The second kappa shape index (κ2) is 6.77. The highest BCUT2D eigenvalue weighted by molar-refractivity contribution is 5.93. The Morgan fingerprint density at radius 3 is 2.94 bits per heavy atom. The summed E-state index contributed by atoms with van der Waals surface area (Å²) >= 11 is 0. The van der Waals surface area contributed by atoms with Crippen molar-refractivity contribution in [2.24, 2.45) is 5.73 Å². The molecule has 0 radical (unpaired) electrons. The molecule has 1 rings (SSSR count). The van der Waals surface area contributed by atoms with Crippen LogP contribution in [-0.2, 0) is 4.74 Å². The Labute approximate surface area is 99.8 Å². The standard InChI is InChI=1S/C10H17N5O2/c1-17-7-5-15(4-6-16)10-13-3-2-8(14-10)9(11)12/h2-3,16H,4-7H2,1H3,(H3,11,12). The molecule has 0 aliphatic carbocycles. The third kappa shape index (κ3) is 3.97. The van der Waals surface area contributed by atoms with Gasteiger partial charge in [-0.1, -0.05) is 0 Å². The van der Waals surface area contributed by atoms with Gasteiger partial charge in [0.1, 0.15) is 11.5 Å². The number of aliphatic hydroxyl groups excluding tert-OH is 1. The van der Waals surface area contributed by atoms with E-state index in [9.17, 15) is 0 Å². The van der Waals surface area contributed by atoms with Crippen LogP contribution in [0.4, 0.5) is 5.95 Å². The van der Waals surface area contributed by atoms with Crippen molar-refractivity contribution in [3.05, 3.63) is 18.0 Å². The largest absolute Gasteiger partial charge is 0.395 e. The van der Waals surface area contributed by atoms with Gasteiger partial charge in [-0.15, -0.1) is 0 Å². The van der Waals surface area contributed by atoms with E-state index in [0.29, 0.717) is 31.3 Å². The summed E-state index contributed by atoms with van der Waals surface area (Å²) in [6, 6.07) is 1.57. The van der Waals surface area contributed by atoms with Gasteiger partial charge >= 0.3 is 0 Å². The van der Waals surface area contributed by atoms with Crippen molar-refractivity contribution in [1.29, 1.82) is 5.41 Å². The summed E-state index contributed by atoms with van der Waals surface area (Å²) < 4.78 is 4.97. The zero-order chi connectivity index (χ0) is 12.7. The fraction of sp³-hybridized carbons (Fsp3) is 0.500. The number of rotatable bonds is 7. The summed E-state index contributed by atoms with van der Waals surface area (Å²) in [6.07, 6.45) is 1.54. The minimum atomic E-state index is -0.107. The minimum absolute atomic E-state index is 0.00261. The van der Waals surface area contributed by atoms with Crippen LogP contribution in [0.15, 0.2) is 12.3 Å². The molecule has 4 N–H and O–H groups in total. The zero-order valence-corrected chi connectivity index (χ0v) is 9.76. The summed E-state index contributed by atoms with van der Waals surface area (Å²) in [5.74, 6) is 0.327. The second-order valence-electron chi connectivity index (χ2n) is 3.36. The number of nitrogens with zero attached hydrogens (tertiary/aromatic N) is 3. The van der Waals surface area contributed by atoms with Crippen LogP contribution in [0.25, 0.3) is 0 Å². The molecule has 0 spiro atoms. The Hall–Kier alpha value is -1.73. The monoisotopic (exact) mass is 239 g/mol. The van der Waals surface area contributed by atoms with Crippen LogP contribution in [0.3, 0.4) is 0 Å². The lowest BCUT2D eigenvalue weighted by molar-refractivity contribution is 0.202. The van der Waals surface area contributed by atoms with Crippen molar-refractivity contribution in [2.45, 2.75) is 0 Å². The first-order chi connectivity index (χ1) is 8.19. The Kier molecular flexibility index (Phi) is 5.31. The average molecular weight is 239 g/mol. The molecule has 0 unspecified atom stereocenters. The fourth-order valence-corrected chi connectivity index (χ4v) is 1.28. The summed E-state index contributed by atoms with van der Waals surface area (Å²) in [5, 5.41) is 16.3. The molecule has 0 aliphatic rings. The Morgan fingerprint density at radius 2 is 2.35 bits per heavy atom. The molecule has 0 fully saturated rings. The molecule has 17 heavy (non-hydrogen) atoms. The van der Waals surface area contributed by atoms with Crippen LogP contribution in [0.5, 0.6) is 0 Å². The predicted octanol–water partition coefficient (Wildman–Crippen LogP) is -0.794. The van der Waals surface area contributed by atoms with E-state index in [-0.39, 0.29) is 12.4 Å². The van der Waals surface area contributed by atoms with Gasteiger partial charge in [0.2, 0.25) is 5.95 Å².